The zero-order chi connectivity index (χ0) is 13.3. The number of nitrogens with one attached hydrogen (secondary N) is 1. The number of aliphatic carboxylic acids is 1. The molecule has 0 aromatic heterocycles. The first-order valence-corrected chi connectivity index (χ1v) is 5.47. The first-order chi connectivity index (χ1) is 7.89. The zero-order valence-corrected chi connectivity index (χ0v) is 9.72. The predicted molar refractivity (Wildman–Crippen MR) is 55.8 cm³/mol. The van der Waals surface area contributed by atoms with E-state index in [1.54, 1.807) is 0 Å². The Morgan fingerprint density at radius 1 is 1.41 bits per heavy atom. The number of hydrogen-bond donors (Lipinski definition) is 2. The average Bonchev–Trinajstić information content (AvgIpc) is 2.19. The van der Waals surface area contributed by atoms with Gasteiger partial charge in [0.25, 0.3) is 0 Å². The molecule has 7 heteroatoms. The Morgan fingerprint density at radius 3 is 2.53 bits per heavy atom. The Kier molecular flexibility index (Phi) is 7.90. The van der Waals surface area contributed by atoms with Crippen LogP contribution in [-0.2, 0) is 9.53 Å². The van der Waals surface area contributed by atoms with Gasteiger partial charge in [-0.2, -0.15) is 13.2 Å². The molecule has 0 fully saturated rings. The molecule has 0 spiro atoms. The quantitative estimate of drug-likeness (QED) is 0.617. The van der Waals surface area contributed by atoms with Gasteiger partial charge in [0, 0.05) is 19.8 Å². The van der Waals surface area contributed by atoms with E-state index >= 15 is 0 Å². The smallest absolute Gasteiger partial charge is 0.403 e. The van der Waals surface area contributed by atoms with Crippen LogP contribution in [0.5, 0.6) is 0 Å². The summed E-state index contributed by atoms with van der Waals surface area (Å²) in [5.74, 6) is -4.20. The molecule has 0 aliphatic rings. The van der Waals surface area contributed by atoms with Crippen molar-refractivity contribution in [2.75, 3.05) is 26.3 Å². The highest BCUT2D eigenvalue weighted by atomic mass is 19.4. The normalized spacial score (nSPS) is 13.6. The van der Waals surface area contributed by atoms with E-state index in [2.05, 4.69) is 5.32 Å². The highest BCUT2D eigenvalue weighted by Crippen LogP contribution is 2.25. The molecule has 17 heavy (non-hydrogen) atoms. The number of ether oxygens (including phenoxy) is 1. The van der Waals surface area contributed by atoms with Crippen LogP contribution in [0.1, 0.15) is 19.8 Å². The second-order valence-corrected chi connectivity index (χ2v) is 3.60. The maximum Gasteiger partial charge on any atom is 0.403 e. The molecule has 0 amide bonds. The minimum Gasteiger partial charge on any atom is -0.481 e. The van der Waals surface area contributed by atoms with Gasteiger partial charge in [0.2, 0.25) is 0 Å². The maximum absolute atomic E-state index is 12.2. The molecule has 0 aromatic rings. The molecule has 0 saturated carbocycles. The summed E-state index contributed by atoms with van der Waals surface area (Å²) in [5, 5.41) is 10.9. The second-order valence-electron chi connectivity index (χ2n) is 3.60. The fourth-order valence-corrected chi connectivity index (χ4v) is 1.14. The number of rotatable bonds is 9. The van der Waals surface area contributed by atoms with E-state index < -0.39 is 24.6 Å². The summed E-state index contributed by atoms with van der Waals surface area (Å²) in [6.07, 6.45) is -3.26. The highest BCUT2D eigenvalue weighted by Gasteiger charge is 2.44. The van der Waals surface area contributed by atoms with Crippen LogP contribution in [-0.4, -0.2) is 43.6 Å². The Hall–Kier alpha value is -0.820. The molecule has 0 rings (SSSR count). The van der Waals surface area contributed by atoms with Crippen LogP contribution in [0.4, 0.5) is 13.2 Å². The summed E-state index contributed by atoms with van der Waals surface area (Å²) in [5.41, 5.74) is 0. The summed E-state index contributed by atoms with van der Waals surface area (Å²) >= 11 is 0. The molecule has 4 nitrogen and oxygen atoms in total. The lowest BCUT2D eigenvalue weighted by atomic mass is 10.1. The molecular formula is C10H18F3NO3. The van der Waals surface area contributed by atoms with Crippen LogP contribution in [0.15, 0.2) is 0 Å². The Balaban J connectivity index is 3.67. The van der Waals surface area contributed by atoms with Crippen molar-refractivity contribution in [2.24, 2.45) is 5.92 Å². The summed E-state index contributed by atoms with van der Waals surface area (Å²) in [6.45, 7) is 2.75. The van der Waals surface area contributed by atoms with Gasteiger partial charge in [-0.25, -0.2) is 0 Å². The zero-order valence-electron chi connectivity index (χ0n) is 9.72. The minimum absolute atomic E-state index is 0.309. The van der Waals surface area contributed by atoms with E-state index in [-0.39, 0.29) is 0 Å². The van der Waals surface area contributed by atoms with Crippen molar-refractivity contribution < 1.29 is 27.8 Å². The van der Waals surface area contributed by atoms with Crippen LogP contribution in [0, 0.1) is 5.92 Å². The van der Waals surface area contributed by atoms with Gasteiger partial charge < -0.3 is 15.2 Å². The molecule has 0 bridgehead atoms. The predicted octanol–water partition coefficient (Wildman–Crippen LogP) is 1.66. The van der Waals surface area contributed by atoms with Gasteiger partial charge in [0.15, 0.2) is 5.92 Å². The number of alkyl halides is 3. The van der Waals surface area contributed by atoms with Gasteiger partial charge in [-0.05, 0) is 19.4 Å². The molecule has 2 N–H and O–H groups in total. The largest absolute Gasteiger partial charge is 0.481 e. The first-order valence-electron chi connectivity index (χ1n) is 5.47. The van der Waals surface area contributed by atoms with E-state index in [1.807, 2.05) is 6.92 Å². The molecule has 0 aliphatic heterocycles. The van der Waals surface area contributed by atoms with Crippen LogP contribution >= 0.6 is 0 Å². The maximum atomic E-state index is 12.2. The number of carbonyl (C=O) groups is 1. The van der Waals surface area contributed by atoms with E-state index in [0.717, 1.165) is 6.42 Å². The van der Waals surface area contributed by atoms with E-state index in [9.17, 15) is 18.0 Å². The van der Waals surface area contributed by atoms with E-state index in [1.165, 1.54) is 0 Å². The summed E-state index contributed by atoms with van der Waals surface area (Å²) < 4.78 is 41.7. The number of hydrogen-bond acceptors (Lipinski definition) is 3. The van der Waals surface area contributed by atoms with Crippen molar-refractivity contribution in [3.05, 3.63) is 0 Å². The fraction of sp³-hybridized carbons (Fsp3) is 0.900. The summed E-state index contributed by atoms with van der Waals surface area (Å²) in [7, 11) is 0. The topological polar surface area (TPSA) is 58.6 Å². The van der Waals surface area contributed by atoms with Crippen LogP contribution < -0.4 is 5.32 Å². The van der Waals surface area contributed by atoms with Gasteiger partial charge in [0.1, 0.15) is 0 Å². The highest BCUT2D eigenvalue weighted by molar-refractivity contribution is 5.71. The lowest BCUT2D eigenvalue weighted by molar-refractivity contribution is -0.192. The summed E-state index contributed by atoms with van der Waals surface area (Å²) in [6, 6.07) is 0. The van der Waals surface area contributed by atoms with Crippen molar-refractivity contribution in [2.45, 2.75) is 25.9 Å². The van der Waals surface area contributed by atoms with Gasteiger partial charge in [-0.15, -0.1) is 0 Å². The van der Waals surface area contributed by atoms with Crippen molar-refractivity contribution >= 4 is 5.97 Å². The van der Waals surface area contributed by atoms with Crippen molar-refractivity contribution in [1.29, 1.82) is 0 Å². The first kappa shape index (κ1) is 16.2. The minimum atomic E-state index is -4.71. The molecule has 102 valence electrons. The van der Waals surface area contributed by atoms with Gasteiger partial charge >= 0.3 is 12.1 Å². The third-order valence-corrected chi connectivity index (χ3v) is 2.03. The Labute approximate surface area is 98.1 Å². The third kappa shape index (κ3) is 7.98. The van der Waals surface area contributed by atoms with E-state index in [4.69, 9.17) is 9.84 Å². The second kappa shape index (κ2) is 8.30. The lowest BCUT2D eigenvalue weighted by Crippen LogP contribution is -2.39. The fourth-order valence-electron chi connectivity index (χ4n) is 1.14. The standard InChI is InChI=1S/C10H18F3NO3/c1-2-5-17-6-3-4-14-7-8(9(15)16)10(11,12)13/h8,14H,2-7H2,1H3,(H,15,16). The van der Waals surface area contributed by atoms with Crippen molar-refractivity contribution in [3.63, 3.8) is 0 Å². The molecule has 0 aromatic carbocycles. The number of carboxylic acids is 1. The Bertz CT molecular complexity index is 221. The molecule has 0 heterocycles. The van der Waals surface area contributed by atoms with E-state index in [0.29, 0.717) is 26.2 Å². The van der Waals surface area contributed by atoms with Gasteiger partial charge in [-0.1, -0.05) is 6.92 Å². The number of halogens is 3. The molecule has 1 atom stereocenters. The molecule has 1 unspecified atom stereocenters. The number of carboxylic acid groups (broad SMARTS) is 1. The monoisotopic (exact) mass is 257 g/mol. The average molecular weight is 257 g/mol. The lowest BCUT2D eigenvalue weighted by Gasteiger charge is -2.16. The van der Waals surface area contributed by atoms with Crippen LogP contribution in [0.3, 0.4) is 0 Å². The van der Waals surface area contributed by atoms with Gasteiger partial charge in [0.05, 0.1) is 0 Å². The molecule has 0 aliphatic carbocycles. The summed E-state index contributed by atoms with van der Waals surface area (Å²) in [4.78, 5) is 10.4. The van der Waals surface area contributed by atoms with Crippen LogP contribution in [0.25, 0.3) is 0 Å². The van der Waals surface area contributed by atoms with Crippen molar-refractivity contribution in [3.8, 4) is 0 Å². The van der Waals surface area contributed by atoms with Gasteiger partial charge in [-0.3, -0.25) is 4.79 Å². The molecule has 0 radical (unpaired) electrons. The van der Waals surface area contributed by atoms with Crippen molar-refractivity contribution in [1.82, 2.24) is 5.32 Å². The third-order valence-electron chi connectivity index (χ3n) is 2.03. The molecule has 0 saturated heterocycles. The SMILES string of the molecule is CCCOCCCNCC(C(=O)O)C(F)(F)F. The Morgan fingerprint density at radius 2 is 2.06 bits per heavy atom. The molecular weight excluding hydrogens is 239 g/mol. The van der Waals surface area contributed by atoms with Crippen LogP contribution in [0.2, 0.25) is 0 Å².